The Hall–Kier alpha value is -2.44. The normalized spacial score (nSPS) is 16.7. The van der Waals surface area contributed by atoms with Crippen molar-refractivity contribution in [3.63, 3.8) is 0 Å². The minimum absolute atomic E-state index is 0.159. The van der Waals surface area contributed by atoms with Crippen LogP contribution >= 0.6 is 24.0 Å². The van der Waals surface area contributed by atoms with Gasteiger partial charge in [-0.1, -0.05) is 42.2 Å². The molecule has 112 valence electrons. The van der Waals surface area contributed by atoms with Gasteiger partial charge in [0, 0.05) is 17.7 Å². The summed E-state index contributed by atoms with van der Waals surface area (Å²) in [5.74, 6) is 0.478. The molecule has 1 saturated heterocycles. The second-order valence-electron chi connectivity index (χ2n) is 4.91. The van der Waals surface area contributed by atoms with Crippen molar-refractivity contribution in [2.24, 2.45) is 0 Å². The van der Waals surface area contributed by atoms with Crippen LogP contribution in [-0.4, -0.2) is 15.2 Å². The highest BCUT2D eigenvalue weighted by molar-refractivity contribution is 8.27. The van der Waals surface area contributed by atoms with Gasteiger partial charge in [0.15, 0.2) is 4.32 Å². The van der Waals surface area contributed by atoms with E-state index in [1.807, 2.05) is 36.4 Å². The monoisotopic (exact) mass is 338 g/mol. The number of furan rings is 1. The smallest absolute Gasteiger partial charge is 0.270 e. The topological polar surface area (TPSA) is 46.3 Å². The molecule has 0 bridgehead atoms. The Labute approximate surface area is 141 Å². The molecule has 6 heteroatoms. The molecule has 1 aliphatic heterocycles. The Morgan fingerprint density at radius 3 is 2.87 bits per heavy atom. The average Bonchev–Trinajstić information content (AvgIpc) is 3.09. The van der Waals surface area contributed by atoms with Crippen molar-refractivity contribution in [3.05, 3.63) is 65.5 Å². The summed E-state index contributed by atoms with van der Waals surface area (Å²) in [5.41, 5.74) is 1.46. The number of para-hydroxylation sites is 1. The van der Waals surface area contributed by atoms with Gasteiger partial charge in [-0.05, 0) is 24.3 Å². The highest BCUT2D eigenvalue weighted by atomic mass is 32.2. The number of thiocarbonyl (C=S) groups is 1. The predicted molar refractivity (Wildman–Crippen MR) is 96.1 cm³/mol. The van der Waals surface area contributed by atoms with E-state index in [-0.39, 0.29) is 5.91 Å². The van der Waals surface area contributed by atoms with Crippen molar-refractivity contribution in [1.82, 2.24) is 4.98 Å². The third-order valence-electron chi connectivity index (χ3n) is 3.42. The second-order valence-corrected chi connectivity index (χ2v) is 6.59. The number of carbonyl (C=O) groups excluding carboxylic acids is 1. The first-order valence-corrected chi connectivity index (χ1v) is 8.11. The number of fused-ring (bicyclic) bond motifs is 1. The Bertz CT molecular complexity index is 914. The zero-order chi connectivity index (χ0) is 15.8. The van der Waals surface area contributed by atoms with Crippen LogP contribution in [0.5, 0.6) is 0 Å². The molecule has 2 aromatic heterocycles. The van der Waals surface area contributed by atoms with Gasteiger partial charge in [-0.25, -0.2) is 0 Å². The molecular weight excluding hydrogens is 328 g/mol. The number of aromatic nitrogens is 1. The van der Waals surface area contributed by atoms with Gasteiger partial charge in [-0.3, -0.25) is 14.7 Å². The van der Waals surface area contributed by atoms with E-state index in [4.69, 9.17) is 16.6 Å². The van der Waals surface area contributed by atoms with Crippen LogP contribution < -0.4 is 4.90 Å². The van der Waals surface area contributed by atoms with Crippen LogP contribution in [0.15, 0.2) is 64.2 Å². The molecule has 0 radical (unpaired) electrons. The summed E-state index contributed by atoms with van der Waals surface area (Å²) in [6, 6.07) is 13.2. The Balaban J connectivity index is 1.70. The molecule has 1 fully saturated rings. The SMILES string of the molecule is O=C1/C(=C/c2cc3ccccc3o2)SC(=S)N1c1cccnc1. The molecule has 4 nitrogen and oxygen atoms in total. The molecule has 3 heterocycles. The van der Waals surface area contributed by atoms with Crippen LogP contribution in [0.3, 0.4) is 0 Å². The molecule has 0 N–H and O–H groups in total. The number of hydrogen-bond donors (Lipinski definition) is 0. The minimum atomic E-state index is -0.159. The zero-order valence-electron chi connectivity index (χ0n) is 11.8. The fraction of sp³-hybridized carbons (Fsp3) is 0. The molecule has 3 aromatic rings. The molecule has 1 aromatic carbocycles. The van der Waals surface area contributed by atoms with Gasteiger partial charge >= 0.3 is 0 Å². The molecule has 1 amide bonds. The van der Waals surface area contributed by atoms with Crippen LogP contribution in [0.25, 0.3) is 17.0 Å². The van der Waals surface area contributed by atoms with E-state index in [0.29, 0.717) is 20.7 Å². The number of anilines is 1. The van der Waals surface area contributed by atoms with Gasteiger partial charge in [0.05, 0.1) is 16.8 Å². The van der Waals surface area contributed by atoms with Crippen LogP contribution in [0, 0.1) is 0 Å². The van der Waals surface area contributed by atoms with Gasteiger partial charge in [-0.2, -0.15) is 0 Å². The third-order valence-corrected chi connectivity index (χ3v) is 4.72. The summed E-state index contributed by atoms with van der Waals surface area (Å²) >= 11 is 6.59. The van der Waals surface area contributed by atoms with Crippen molar-refractivity contribution in [3.8, 4) is 0 Å². The largest absolute Gasteiger partial charge is 0.457 e. The van der Waals surface area contributed by atoms with E-state index < -0.39 is 0 Å². The lowest BCUT2D eigenvalue weighted by atomic mass is 10.2. The molecule has 0 atom stereocenters. The number of hydrogen-bond acceptors (Lipinski definition) is 5. The third kappa shape index (κ3) is 2.56. The quantitative estimate of drug-likeness (QED) is 0.517. The fourth-order valence-corrected chi connectivity index (χ4v) is 3.66. The van der Waals surface area contributed by atoms with Crippen molar-refractivity contribution in [1.29, 1.82) is 0 Å². The van der Waals surface area contributed by atoms with Crippen LogP contribution in [-0.2, 0) is 4.79 Å². The summed E-state index contributed by atoms with van der Waals surface area (Å²) in [6.45, 7) is 0. The number of pyridine rings is 1. The standard InChI is InChI=1S/C17H10N2O2S2/c20-16-15(9-13-8-11-4-1-2-6-14(11)21-13)23-17(22)19(16)12-5-3-7-18-10-12/h1-10H/b15-9-. The number of amides is 1. The first-order valence-electron chi connectivity index (χ1n) is 6.89. The van der Waals surface area contributed by atoms with E-state index >= 15 is 0 Å². The lowest BCUT2D eigenvalue weighted by Crippen LogP contribution is -2.27. The first-order chi connectivity index (χ1) is 11.2. The Morgan fingerprint density at radius 2 is 2.09 bits per heavy atom. The van der Waals surface area contributed by atoms with Crippen LogP contribution in [0.1, 0.15) is 5.76 Å². The summed E-state index contributed by atoms with van der Waals surface area (Å²) in [6.07, 6.45) is 5.01. The van der Waals surface area contributed by atoms with Crippen molar-refractivity contribution >= 4 is 56.9 Å². The average molecular weight is 338 g/mol. The molecule has 0 unspecified atom stereocenters. The molecule has 0 spiro atoms. The molecule has 0 aliphatic carbocycles. The minimum Gasteiger partial charge on any atom is -0.457 e. The van der Waals surface area contributed by atoms with Crippen LogP contribution in [0.2, 0.25) is 0 Å². The maximum Gasteiger partial charge on any atom is 0.270 e. The van der Waals surface area contributed by atoms with Gasteiger partial charge in [0.25, 0.3) is 5.91 Å². The van der Waals surface area contributed by atoms with Crippen molar-refractivity contribution in [2.75, 3.05) is 4.90 Å². The summed E-state index contributed by atoms with van der Waals surface area (Å²) in [7, 11) is 0. The summed E-state index contributed by atoms with van der Waals surface area (Å²) < 4.78 is 6.23. The Morgan fingerprint density at radius 1 is 1.22 bits per heavy atom. The highest BCUT2D eigenvalue weighted by Crippen LogP contribution is 2.36. The van der Waals surface area contributed by atoms with E-state index in [1.165, 1.54) is 16.7 Å². The molecule has 23 heavy (non-hydrogen) atoms. The maximum atomic E-state index is 12.6. The molecular formula is C17H10N2O2S2. The fourth-order valence-electron chi connectivity index (χ4n) is 2.38. The number of thioether (sulfide) groups is 1. The van der Waals surface area contributed by atoms with Crippen molar-refractivity contribution < 1.29 is 9.21 Å². The van der Waals surface area contributed by atoms with Crippen LogP contribution in [0.4, 0.5) is 5.69 Å². The Kier molecular flexibility index (Phi) is 3.48. The second kappa shape index (κ2) is 5.64. The molecule has 1 aliphatic rings. The predicted octanol–water partition coefficient (Wildman–Crippen LogP) is 4.23. The van der Waals surface area contributed by atoms with Gasteiger partial charge in [0.1, 0.15) is 11.3 Å². The molecule has 4 rings (SSSR count). The number of carbonyl (C=O) groups is 1. The van der Waals surface area contributed by atoms with Gasteiger partial charge in [-0.15, -0.1) is 0 Å². The number of rotatable bonds is 2. The number of nitrogens with zero attached hydrogens (tertiary/aromatic N) is 2. The van der Waals surface area contributed by atoms with E-state index in [0.717, 1.165) is 11.0 Å². The summed E-state index contributed by atoms with van der Waals surface area (Å²) in [5, 5.41) is 1.00. The van der Waals surface area contributed by atoms with Crippen molar-refractivity contribution in [2.45, 2.75) is 0 Å². The van der Waals surface area contributed by atoms with Gasteiger partial charge < -0.3 is 4.42 Å². The summed E-state index contributed by atoms with van der Waals surface area (Å²) in [4.78, 5) is 18.7. The van der Waals surface area contributed by atoms with Gasteiger partial charge in [0.2, 0.25) is 0 Å². The molecule has 0 saturated carbocycles. The maximum absolute atomic E-state index is 12.6. The van der Waals surface area contributed by atoms with E-state index in [9.17, 15) is 4.79 Å². The van der Waals surface area contributed by atoms with E-state index in [1.54, 1.807) is 24.5 Å². The number of benzene rings is 1. The lowest BCUT2D eigenvalue weighted by Gasteiger charge is -2.13. The first kappa shape index (κ1) is 14.2. The van der Waals surface area contributed by atoms with E-state index in [2.05, 4.69) is 4.98 Å². The lowest BCUT2D eigenvalue weighted by molar-refractivity contribution is -0.113. The highest BCUT2D eigenvalue weighted by Gasteiger charge is 2.33. The zero-order valence-corrected chi connectivity index (χ0v) is 13.4.